The van der Waals surface area contributed by atoms with Crippen molar-refractivity contribution < 1.29 is 0 Å². The van der Waals surface area contributed by atoms with Crippen molar-refractivity contribution in [3.05, 3.63) is 35.0 Å². The monoisotopic (exact) mass is 204 g/mol. The van der Waals surface area contributed by atoms with Crippen molar-refractivity contribution >= 4 is 22.5 Å². The van der Waals surface area contributed by atoms with Crippen molar-refractivity contribution in [2.75, 3.05) is 0 Å². The number of halogens is 1. The lowest BCUT2D eigenvalue weighted by Crippen LogP contribution is -1.91. The van der Waals surface area contributed by atoms with Crippen LogP contribution in [0, 0.1) is 18.3 Å². The van der Waals surface area contributed by atoms with Crippen molar-refractivity contribution in [1.29, 1.82) is 5.26 Å². The van der Waals surface area contributed by atoms with E-state index in [1.807, 2.05) is 35.9 Å². The zero-order chi connectivity index (χ0) is 10.1. The van der Waals surface area contributed by atoms with E-state index in [4.69, 9.17) is 16.9 Å². The molecule has 0 N–H and O–H groups in total. The van der Waals surface area contributed by atoms with Gasteiger partial charge in [0.05, 0.1) is 6.07 Å². The number of nitriles is 1. The topological polar surface area (TPSA) is 28.7 Å². The molecule has 3 heteroatoms. The molecule has 70 valence electrons. The van der Waals surface area contributed by atoms with E-state index in [0.717, 1.165) is 21.5 Å². The number of benzene rings is 1. The normalized spacial score (nSPS) is 10.4. The molecule has 0 fully saturated rings. The van der Waals surface area contributed by atoms with Gasteiger partial charge in [-0.15, -0.1) is 0 Å². The van der Waals surface area contributed by atoms with E-state index < -0.39 is 0 Å². The van der Waals surface area contributed by atoms with Crippen LogP contribution < -0.4 is 0 Å². The lowest BCUT2D eigenvalue weighted by atomic mass is 10.2. The predicted octanol–water partition coefficient (Wildman–Crippen LogP) is 3.13. The molecule has 14 heavy (non-hydrogen) atoms. The number of hydrogen-bond acceptors (Lipinski definition) is 1. The number of hydrogen-bond donors (Lipinski definition) is 0. The third kappa shape index (κ3) is 1.36. The fourth-order valence-corrected chi connectivity index (χ4v) is 1.83. The van der Waals surface area contributed by atoms with Crippen LogP contribution in [0.5, 0.6) is 0 Å². The summed E-state index contributed by atoms with van der Waals surface area (Å²) in [5, 5.41) is 10.5. The van der Waals surface area contributed by atoms with Crippen molar-refractivity contribution in [1.82, 2.24) is 4.57 Å². The summed E-state index contributed by atoms with van der Waals surface area (Å²) in [5.41, 5.74) is 2.21. The molecular weight excluding hydrogens is 196 g/mol. The molecule has 0 aliphatic carbocycles. The highest BCUT2D eigenvalue weighted by Crippen LogP contribution is 2.24. The summed E-state index contributed by atoms with van der Waals surface area (Å²) in [5.74, 6) is 0. The highest BCUT2D eigenvalue weighted by molar-refractivity contribution is 6.31. The lowest BCUT2D eigenvalue weighted by molar-refractivity contribution is 0.871. The van der Waals surface area contributed by atoms with E-state index in [-0.39, 0.29) is 0 Å². The molecule has 0 aliphatic rings. The minimum Gasteiger partial charge on any atom is -0.333 e. The van der Waals surface area contributed by atoms with Gasteiger partial charge in [0.25, 0.3) is 0 Å². The molecule has 2 aromatic rings. The molecule has 0 saturated heterocycles. The van der Waals surface area contributed by atoms with Gasteiger partial charge in [0.15, 0.2) is 0 Å². The average molecular weight is 205 g/mol. The van der Waals surface area contributed by atoms with Crippen LogP contribution in [0.4, 0.5) is 0 Å². The maximum atomic E-state index is 8.65. The highest BCUT2D eigenvalue weighted by Gasteiger charge is 2.04. The zero-order valence-electron chi connectivity index (χ0n) is 7.79. The minimum atomic E-state index is 0.381. The smallest absolute Gasteiger partial charge is 0.110 e. The van der Waals surface area contributed by atoms with E-state index >= 15 is 0 Å². The van der Waals surface area contributed by atoms with Gasteiger partial charge in [-0.1, -0.05) is 11.6 Å². The molecule has 2 rings (SSSR count). The Balaban J connectivity index is 2.72. The molecule has 1 aromatic heterocycles. The maximum absolute atomic E-state index is 8.65. The van der Waals surface area contributed by atoms with Crippen molar-refractivity contribution in [3.63, 3.8) is 0 Å². The third-order valence-electron chi connectivity index (χ3n) is 2.28. The molecule has 2 nitrogen and oxygen atoms in total. The minimum absolute atomic E-state index is 0.381. The molecule has 1 heterocycles. The number of aromatic nitrogens is 1. The summed E-state index contributed by atoms with van der Waals surface area (Å²) < 4.78 is 1.93. The maximum Gasteiger partial charge on any atom is 0.110 e. The first kappa shape index (κ1) is 9.11. The van der Waals surface area contributed by atoms with Crippen molar-refractivity contribution in [2.24, 2.45) is 0 Å². The van der Waals surface area contributed by atoms with E-state index in [2.05, 4.69) is 6.07 Å². The van der Waals surface area contributed by atoms with Crippen LogP contribution in [0.3, 0.4) is 0 Å². The van der Waals surface area contributed by atoms with Gasteiger partial charge in [0.2, 0.25) is 0 Å². The Labute approximate surface area is 87.3 Å². The first-order valence-corrected chi connectivity index (χ1v) is 4.72. The Morgan fingerprint density at radius 2 is 2.29 bits per heavy atom. The van der Waals surface area contributed by atoms with Gasteiger partial charge in [-0.25, -0.2) is 0 Å². The van der Waals surface area contributed by atoms with Gasteiger partial charge in [-0.3, -0.25) is 0 Å². The molecule has 1 aromatic carbocycles. The molecular formula is C11H9ClN2. The third-order valence-corrected chi connectivity index (χ3v) is 2.52. The molecule has 0 atom stereocenters. The average Bonchev–Trinajstić information content (AvgIpc) is 2.44. The zero-order valence-corrected chi connectivity index (χ0v) is 8.54. The second-order valence-electron chi connectivity index (χ2n) is 3.26. The number of aryl methyl sites for hydroxylation is 1. The Hall–Kier alpha value is -1.46. The molecule has 0 radical (unpaired) electrons. The second-order valence-corrected chi connectivity index (χ2v) is 3.70. The number of fused-ring (bicyclic) bond motifs is 1. The van der Waals surface area contributed by atoms with Gasteiger partial charge in [-0.05, 0) is 30.7 Å². The fraction of sp³-hybridized carbons (Fsp3) is 0.182. The summed E-state index contributed by atoms with van der Waals surface area (Å²) in [4.78, 5) is 0. The largest absolute Gasteiger partial charge is 0.333 e. The van der Waals surface area contributed by atoms with Crippen LogP contribution in [0.2, 0.25) is 5.02 Å². The highest BCUT2D eigenvalue weighted by atomic mass is 35.5. The van der Waals surface area contributed by atoms with Gasteiger partial charge < -0.3 is 4.57 Å². The van der Waals surface area contributed by atoms with E-state index in [1.54, 1.807) is 0 Å². The summed E-state index contributed by atoms with van der Waals surface area (Å²) >= 11 is 5.90. The molecule has 0 amide bonds. The molecule has 0 unspecified atom stereocenters. The summed E-state index contributed by atoms with van der Waals surface area (Å²) in [6.07, 6.45) is 1.98. The lowest BCUT2D eigenvalue weighted by Gasteiger charge is -1.98. The SMILES string of the molecule is Cc1cn(CC#N)c2ccc(Cl)cc12. The van der Waals surface area contributed by atoms with Crippen LogP contribution in [0.15, 0.2) is 24.4 Å². The Bertz CT molecular complexity index is 520. The van der Waals surface area contributed by atoms with Crippen LogP contribution in [0.1, 0.15) is 5.56 Å². The standard InChI is InChI=1S/C11H9ClN2/c1-8-7-14(5-4-13)11-3-2-9(12)6-10(8)11/h2-3,6-7H,5H2,1H3. The van der Waals surface area contributed by atoms with Gasteiger partial charge in [0, 0.05) is 22.1 Å². The Kier molecular flexibility index (Phi) is 2.18. The van der Waals surface area contributed by atoms with Gasteiger partial charge in [0.1, 0.15) is 6.54 Å². The van der Waals surface area contributed by atoms with Crippen LogP contribution in [-0.2, 0) is 6.54 Å². The number of nitrogens with zero attached hydrogens (tertiary/aromatic N) is 2. The summed E-state index contributed by atoms with van der Waals surface area (Å²) in [7, 11) is 0. The van der Waals surface area contributed by atoms with Gasteiger partial charge >= 0.3 is 0 Å². The second kappa shape index (κ2) is 3.36. The van der Waals surface area contributed by atoms with E-state index in [0.29, 0.717) is 6.54 Å². The quantitative estimate of drug-likeness (QED) is 0.702. The molecule has 0 spiro atoms. The number of rotatable bonds is 1. The fourth-order valence-electron chi connectivity index (χ4n) is 1.65. The first-order chi connectivity index (χ1) is 6.72. The first-order valence-electron chi connectivity index (χ1n) is 4.34. The van der Waals surface area contributed by atoms with Gasteiger partial charge in [-0.2, -0.15) is 5.26 Å². The molecule has 0 aliphatic heterocycles. The Morgan fingerprint density at radius 1 is 1.50 bits per heavy atom. The molecule has 0 saturated carbocycles. The van der Waals surface area contributed by atoms with Crippen molar-refractivity contribution in [2.45, 2.75) is 13.5 Å². The van der Waals surface area contributed by atoms with E-state index in [1.165, 1.54) is 0 Å². The summed E-state index contributed by atoms with van der Waals surface area (Å²) in [6.45, 7) is 2.40. The predicted molar refractivity (Wildman–Crippen MR) is 57.3 cm³/mol. The summed E-state index contributed by atoms with van der Waals surface area (Å²) in [6, 6.07) is 7.86. The van der Waals surface area contributed by atoms with E-state index in [9.17, 15) is 0 Å². The van der Waals surface area contributed by atoms with Crippen LogP contribution in [-0.4, -0.2) is 4.57 Å². The molecule has 0 bridgehead atoms. The van der Waals surface area contributed by atoms with Crippen LogP contribution in [0.25, 0.3) is 10.9 Å². The van der Waals surface area contributed by atoms with Crippen LogP contribution >= 0.6 is 11.6 Å². The Morgan fingerprint density at radius 3 is 3.00 bits per heavy atom. The van der Waals surface area contributed by atoms with Crippen molar-refractivity contribution in [3.8, 4) is 6.07 Å².